The Hall–Kier alpha value is -1.00. The number of aromatic nitrogens is 2. The van der Waals surface area contributed by atoms with Crippen molar-refractivity contribution >= 4 is 0 Å². The number of hydrogen-bond donors (Lipinski definition) is 1. The molecule has 4 heteroatoms. The summed E-state index contributed by atoms with van der Waals surface area (Å²) in [5, 5.41) is 11.2. The van der Waals surface area contributed by atoms with Gasteiger partial charge in [0.25, 0.3) is 0 Å². The quantitative estimate of drug-likeness (QED) is 0.676. The lowest BCUT2D eigenvalue weighted by atomic mass is 10.4. The Balaban J connectivity index is 2.12. The Morgan fingerprint density at radius 3 is 2.73 bits per heavy atom. The van der Waals surface area contributed by atoms with E-state index in [4.69, 9.17) is 0 Å². The summed E-state index contributed by atoms with van der Waals surface area (Å²) in [7, 11) is 0. The van der Waals surface area contributed by atoms with E-state index in [0.717, 1.165) is 38.4 Å². The highest BCUT2D eigenvalue weighted by Gasteiger charge is 1.98. The molecule has 4 nitrogen and oxygen atoms in total. The SMILES string of the molecule is CCN(CC)CCNCc1cccnn1. The molecule has 0 unspecified atom stereocenters. The number of rotatable bonds is 7. The first-order valence-corrected chi connectivity index (χ1v) is 5.56. The van der Waals surface area contributed by atoms with Crippen LogP contribution < -0.4 is 5.32 Å². The normalized spacial score (nSPS) is 10.9. The molecule has 0 saturated carbocycles. The average Bonchev–Trinajstić information content (AvgIpc) is 2.31. The molecule has 1 aromatic rings. The number of hydrogen-bond acceptors (Lipinski definition) is 4. The van der Waals surface area contributed by atoms with Crippen molar-refractivity contribution in [3.63, 3.8) is 0 Å². The van der Waals surface area contributed by atoms with Crippen LogP contribution in [0.5, 0.6) is 0 Å². The predicted octanol–water partition coefficient (Wildman–Crippen LogP) is 0.908. The number of nitrogens with zero attached hydrogens (tertiary/aromatic N) is 3. The second kappa shape index (κ2) is 7.31. The Morgan fingerprint density at radius 1 is 1.33 bits per heavy atom. The molecule has 1 heterocycles. The van der Waals surface area contributed by atoms with Crippen LogP contribution in [-0.2, 0) is 6.54 Å². The van der Waals surface area contributed by atoms with Crippen molar-refractivity contribution in [1.82, 2.24) is 20.4 Å². The van der Waals surface area contributed by atoms with Crippen molar-refractivity contribution in [2.75, 3.05) is 26.2 Å². The molecular weight excluding hydrogens is 188 g/mol. The molecule has 0 spiro atoms. The van der Waals surface area contributed by atoms with Crippen LogP contribution in [0, 0.1) is 0 Å². The summed E-state index contributed by atoms with van der Waals surface area (Å²) in [6.45, 7) is 9.49. The summed E-state index contributed by atoms with van der Waals surface area (Å²) >= 11 is 0. The predicted molar refractivity (Wildman–Crippen MR) is 61.5 cm³/mol. The van der Waals surface area contributed by atoms with Gasteiger partial charge in [0, 0.05) is 25.8 Å². The van der Waals surface area contributed by atoms with Crippen molar-refractivity contribution in [1.29, 1.82) is 0 Å². The third-order valence-corrected chi connectivity index (χ3v) is 2.43. The van der Waals surface area contributed by atoms with E-state index in [1.165, 1.54) is 0 Å². The fourth-order valence-electron chi connectivity index (χ4n) is 1.42. The Kier molecular flexibility index (Phi) is 5.88. The van der Waals surface area contributed by atoms with Gasteiger partial charge in [-0.25, -0.2) is 0 Å². The molecule has 1 N–H and O–H groups in total. The fraction of sp³-hybridized carbons (Fsp3) is 0.636. The zero-order valence-corrected chi connectivity index (χ0v) is 9.61. The summed E-state index contributed by atoms with van der Waals surface area (Å²) in [5.74, 6) is 0. The lowest BCUT2D eigenvalue weighted by Crippen LogP contribution is -2.31. The van der Waals surface area contributed by atoms with Gasteiger partial charge in [-0.15, -0.1) is 0 Å². The Labute approximate surface area is 91.7 Å². The molecule has 0 aromatic carbocycles. The standard InChI is InChI=1S/C11H20N4/c1-3-15(4-2)9-8-12-10-11-6-5-7-13-14-11/h5-7,12H,3-4,8-10H2,1-2H3. The molecule has 0 radical (unpaired) electrons. The molecule has 84 valence electrons. The largest absolute Gasteiger partial charge is 0.310 e. The van der Waals surface area contributed by atoms with Gasteiger partial charge in [-0.2, -0.15) is 10.2 Å². The van der Waals surface area contributed by atoms with Crippen LogP contribution in [0.25, 0.3) is 0 Å². The molecule has 0 aliphatic heterocycles. The topological polar surface area (TPSA) is 41.0 Å². The first kappa shape index (κ1) is 12.1. The summed E-state index contributed by atoms with van der Waals surface area (Å²) in [4.78, 5) is 2.39. The van der Waals surface area contributed by atoms with E-state index >= 15 is 0 Å². The van der Waals surface area contributed by atoms with Crippen molar-refractivity contribution in [2.45, 2.75) is 20.4 Å². The first-order chi connectivity index (χ1) is 7.36. The van der Waals surface area contributed by atoms with E-state index in [2.05, 4.69) is 34.3 Å². The third kappa shape index (κ3) is 4.85. The first-order valence-electron chi connectivity index (χ1n) is 5.56. The van der Waals surface area contributed by atoms with Crippen LogP contribution in [0.2, 0.25) is 0 Å². The zero-order valence-electron chi connectivity index (χ0n) is 9.61. The smallest absolute Gasteiger partial charge is 0.0768 e. The summed E-state index contributed by atoms with van der Waals surface area (Å²) in [5.41, 5.74) is 0.997. The molecule has 1 rings (SSSR count). The molecular formula is C11H20N4. The van der Waals surface area contributed by atoms with Crippen molar-refractivity contribution < 1.29 is 0 Å². The minimum Gasteiger partial charge on any atom is -0.310 e. The molecule has 0 aliphatic carbocycles. The van der Waals surface area contributed by atoms with E-state index in [9.17, 15) is 0 Å². The summed E-state index contributed by atoms with van der Waals surface area (Å²) in [6.07, 6.45) is 1.69. The van der Waals surface area contributed by atoms with Gasteiger partial charge in [-0.1, -0.05) is 13.8 Å². The van der Waals surface area contributed by atoms with Crippen LogP contribution in [0.4, 0.5) is 0 Å². The van der Waals surface area contributed by atoms with Gasteiger partial charge in [0.05, 0.1) is 5.69 Å². The molecule has 0 saturated heterocycles. The summed E-state index contributed by atoms with van der Waals surface area (Å²) < 4.78 is 0. The van der Waals surface area contributed by atoms with E-state index in [1.54, 1.807) is 6.20 Å². The van der Waals surface area contributed by atoms with Gasteiger partial charge < -0.3 is 10.2 Å². The lowest BCUT2D eigenvalue weighted by Gasteiger charge is -2.17. The van der Waals surface area contributed by atoms with Crippen molar-refractivity contribution in [3.05, 3.63) is 24.0 Å². The van der Waals surface area contributed by atoms with Gasteiger partial charge in [0.1, 0.15) is 0 Å². The molecule has 0 fully saturated rings. The molecule has 0 bridgehead atoms. The molecule has 15 heavy (non-hydrogen) atoms. The Morgan fingerprint density at radius 2 is 2.13 bits per heavy atom. The van der Waals surface area contributed by atoms with E-state index in [0.29, 0.717) is 0 Å². The van der Waals surface area contributed by atoms with Gasteiger partial charge >= 0.3 is 0 Å². The van der Waals surface area contributed by atoms with Crippen LogP contribution in [0.15, 0.2) is 18.3 Å². The maximum atomic E-state index is 4.01. The van der Waals surface area contributed by atoms with Crippen LogP contribution in [0.1, 0.15) is 19.5 Å². The second-order valence-electron chi connectivity index (χ2n) is 3.42. The van der Waals surface area contributed by atoms with Gasteiger partial charge in [0.2, 0.25) is 0 Å². The highest BCUT2D eigenvalue weighted by Crippen LogP contribution is 1.90. The van der Waals surface area contributed by atoms with E-state index < -0.39 is 0 Å². The highest BCUT2D eigenvalue weighted by molar-refractivity contribution is 4.98. The molecule has 0 amide bonds. The van der Waals surface area contributed by atoms with Gasteiger partial charge in [-0.3, -0.25) is 0 Å². The maximum Gasteiger partial charge on any atom is 0.0768 e. The zero-order chi connectivity index (χ0) is 10.9. The second-order valence-corrected chi connectivity index (χ2v) is 3.42. The average molecular weight is 208 g/mol. The van der Waals surface area contributed by atoms with E-state index in [1.807, 2.05) is 12.1 Å². The monoisotopic (exact) mass is 208 g/mol. The van der Waals surface area contributed by atoms with Gasteiger partial charge in [0.15, 0.2) is 0 Å². The fourth-order valence-corrected chi connectivity index (χ4v) is 1.42. The van der Waals surface area contributed by atoms with Crippen molar-refractivity contribution in [2.24, 2.45) is 0 Å². The van der Waals surface area contributed by atoms with Crippen LogP contribution in [0.3, 0.4) is 0 Å². The van der Waals surface area contributed by atoms with Crippen LogP contribution >= 0.6 is 0 Å². The van der Waals surface area contributed by atoms with Crippen molar-refractivity contribution in [3.8, 4) is 0 Å². The minimum absolute atomic E-state index is 0.801. The third-order valence-electron chi connectivity index (χ3n) is 2.43. The van der Waals surface area contributed by atoms with E-state index in [-0.39, 0.29) is 0 Å². The molecule has 1 aromatic heterocycles. The summed E-state index contributed by atoms with van der Waals surface area (Å²) in [6, 6.07) is 3.89. The maximum absolute atomic E-state index is 4.01. The molecule has 0 aliphatic rings. The lowest BCUT2D eigenvalue weighted by molar-refractivity contribution is 0.302. The minimum atomic E-state index is 0.801. The molecule has 0 atom stereocenters. The Bertz CT molecular complexity index is 246. The van der Waals surface area contributed by atoms with Gasteiger partial charge in [-0.05, 0) is 25.2 Å². The van der Waals surface area contributed by atoms with Crippen LogP contribution in [-0.4, -0.2) is 41.3 Å². The number of nitrogens with one attached hydrogen (secondary N) is 1. The number of likely N-dealkylation sites (N-methyl/N-ethyl adjacent to an activating group) is 1. The highest BCUT2D eigenvalue weighted by atomic mass is 15.1.